The van der Waals surface area contributed by atoms with E-state index in [0.717, 1.165) is 0 Å². The van der Waals surface area contributed by atoms with Gasteiger partial charge in [0, 0.05) is 10.6 Å². The topological polar surface area (TPSA) is 65.2 Å². The lowest BCUT2D eigenvalue weighted by Gasteiger charge is -2.10. The highest BCUT2D eigenvalue weighted by Crippen LogP contribution is 2.26. The maximum atomic E-state index is 13.0. The third kappa shape index (κ3) is 3.97. The molecule has 0 fully saturated rings. The Morgan fingerprint density at radius 2 is 1.88 bits per heavy atom. The van der Waals surface area contributed by atoms with Gasteiger partial charge < -0.3 is 9.15 Å². The maximum absolute atomic E-state index is 13.0. The molecule has 0 aliphatic heterocycles. The molecule has 0 bridgehead atoms. The summed E-state index contributed by atoms with van der Waals surface area (Å²) in [7, 11) is 0. The van der Waals surface area contributed by atoms with Crippen molar-refractivity contribution in [2.45, 2.75) is 13.0 Å². The van der Waals surface area contributed by atoms with Gasteiger partial charge in [0.05, 0.1) is 10.6 Å². The molecule has 0 N–H and O–H groups in total. The highest BCUT2D eigenvalue weighted by molar-refractivity contribution is 6.35. The van der Waals surface area contributed by atoms with Crippen LogP contribution in [-0.2, 0) is 4.74 Å². The lowest BCUT2D eigenvalue weighted by atomic mass is 10.2. The van der Waals surface area contributed by atoms with Gasteiger partial charge in [0.15, 0.2) is 6.10 Å². The molecule has 0 amide bonds. The molecule has 25 heavy (non-hydrogen) atoms. The van der Waals surface area contributed by atoms with Crippen molar-refractivity contribution >= 4 is 29.2 Å². The third-order valence-corrected chi connectivity index (χ3v) is 3.88. The van der Waals surface area contributed by atoms with E-state index < -0.39 is 12.1 Å². The van der Waals surface area contributed by atoms with Crippen molar-refractivity contribution in [1.82, 2.24) is 10.2 Å². The van der Waals surface area contributed by atoms with E-state index in [2.05, 4.69) is 10.2 Å². The highest BCUT2D eigenvalue weighted by Gasteiger charge is 2.21. The minimum atomic E-state index is -0.802. The molecule has 0 saturated heterocycles. The van der Waals surface area contributed by atoms with Crippen LogP contribution in [0.15, 0.2) is 46.9 Å². The second-order valence-corrected chi connectivity index (χ2v) is 5.97. The van der Waals surface area contributed by atoms with Crippen LogP contribution in [0.3, 0.4) is 0 Å². The highest BCUT2D eigenvalue weighted by atomic mass is 35.5. The predicted molar refractivity (Wildman–Crippen MR) is 90.0 cm³/mol. The Bertz CT molecular complexity index is 913. The van der Waals surface area contributed by atoms with Gasteiger partial charge in [0.25, 0.3) is 5.89 Å². The fraction of sp³-hybridized carbons (Fsp3) is 0.118. The van der Waals surface area contributed by atoms with Crippen LogP contribution >= 0.6 is 23.2 Å². The fourth-order valence-electron chi connectivity index (χ4n) is 2.04. The Hall–Kier alpha value is -2.44. The average molecular weight is 381 g/mol. The number of rotatable bonds is 4. The normalized spacial score (nSPS) is 12.0. The van der Waals surface area contributed by atoms with Crippen molar-refractivity contribution in [3.05, 3.63) is 69.8 Å². The van der Waals surface area contributed by atoms with Crippen molar-refractivity contribution in [3.8, 4) is 11.5 Å². The number of benzene rings is 2. The molecule has 3 rings (SSSR count). The molecule has 2 aromatic carbocycles. The number of carbonyl (C=O) groups is 1. The van der Waals surface area contributed by atoms with E-state index in [0.29, 0.717) is 10.6 Å². The third-order valence-electron chi connectivity index (χ3n) is 3.31. The molecular weight excluding hydrogens is 370 g/mol. The zero-order valence-electron chi connectivity index (χ0n) is 12.9. The molecule has 1 atom stereocenters. The summed E-state index contributed by atoms with van der Waals surface area (Å²) in [5.41, 5.74) is 0.691. The molecule has 128 valence electrons. The zero-order valence-corrected chi connectivity index (χ0v) is 14.4. The fourth-order valence-corrected chi connectivity index (χ4v) is 2.40. The number of nitrogens with zero attached hydrogens (tertiary/aromatic N) is 2. The minimum absolute atomic E-state index is 0.103. The molecule has 5 nitrogen and oxygen atoms in total. The van der Waals surface area contributed by atoms with Gasteiger partial charge in [-0.1, -0.05) is 23.2 Å². The van der Waals surface area contributed by atoms with Crippen molar-refractivity contribution < 1.29 is 18.3 Å². The van der Waals surface area contributed by atoms with Crippen molar-refractivity contribution in [1.29, 1.82) is 0 Å². The predicted octanol–water partition coefficient (Wildman–Crippen LogP) is 5.10. The molecule has 0 saturated carbocycles. The molecular formula is C17H11Cl2FN2O3. The van der Waals surface area contributed by atoms with Gasteiger partial charge in [0.2, 0.25) is 5.89 Å². The van der Waals surface area contributed by atoms with Crippen LogP contribution in [0.1, 0.15) is 29.3 Å². The summed E-state index contributed by atoms with van der Waals surface area (Å²) in [4.78, 5) is 12.2. The molecule has 1 aromatic heterocycles. The van der Waals surface area contributed by atoms with Crippen LogP contribution in [0.4, 0.5) is 4.39 Å². The molecule has 0 aliphatic rings. The second-order valence-electron chi connectivity index (χ2n) is 5.12. The van der Waals surface area contributed by atoms with E-state index in [1.807, 2.05) is 0 Å². The van der Waals surface area contributed by atoms with Gasteiger partial charge >= 0.3 is 5.97 Å². The van der Waals surface area contributed by atoms with Crippen molar-refractivity contribution in [2.75, 3.05) is 0 Å². The number of halogens is 3. The van der Waals surface area contributed by atoms with Crippen molar-refractivity contribution in [2.24, 2.45) is 0 Å². The molecule has 0 unspecified atom stereocenters. The summed E-state index contributed by atoms with van der Waals surface area (Å²) < 4.78 is 23.7. The van der Waals surface area contributed by atoms with Crippen LogP contribution in [0.25, 0.3) is 11.5 Å². The van der Waals surface area contributed by atoms with Gasteiger partial charge in [-0.05, 0) is 49.4 Å². The van der Waals surface area contributed by atoms with Gasteiger partial charge in [0.1, 0.15) is 5.82 Å². The van der Waals surface area contributed by atoms with E-state index in [1.165, 1.54) is 36.4 Å². The van der Waals surface area contributed by atoms with E-state index in [9.17, 15) is 9.18 Å². The maximum Gasteiger partial charge on any atom is 0.340 e. The quantitative estimate of drug-likeness (QED) is 0.589. The molecule has 0 radical (unpaired) electrons. The van der Waals surface area contributed by atoms with Crippen LogP contribution in [0.5, 0.6) is 0 Å². The first-order chi connectivity index (χ1) is 11.9. The molecule has 0 aliphatic carbocycles. The summed E-state index contributed by atoms with van der Waals surface area (Å²) in [5, 5.41) is 8.31. The number of esters is 1. The van der Waals surface area contributed by atoms with Gasteiger partial charge in [-0.2, -0.15) is 0 Å². The summed E-state index contributed by atoms with van der Waals surface area (Å²) >= 11 is 11.8. The molecule has 0 spiro atoms. The van der Waals surface area contributed by atoms with Crippen LogP contribution in [0.2, 0.25) is 10.0 Å². The largest absolute Gasteiger partial charge is 0.449 e. The van der Waals surface area contributed by atoms with Gasteiger partial charge in [-0.3, -0.25) is 0 Å². The van der Waals surface area contributed by atoms with E-state index in [1.54, 1.807) is 13.0 Å². The van der Waals surface area contributed by atoms with Crippen LogP contribution < -0.4 is 0 Å². The second kappa shape index (κ2) is 7.21. The lowest BCUT2D eigenvalue weighted by molar-refractivity contribution is 0.0280. The number of ether oxygens (including phenoxy) is 1. The summed E-state index contributed by atoms with van der Waals surface area (Å²) in [6, 6.07) is 10.1. The van der Waals surface area contributed by atoms with Gasteiger partial charge in [-0.15, -0.1) is 10.2 Å². The average Bonchev–Trinajstić information content (AvgIpc) is 3.07. The molecule has 1 heterocycles. The van der Waals surface area contributed by atoms with Crippen LogP contribution in [0, 0.1) is 5.82 Å². The number of hydrogen-bond acceptors (Lipinski definition) is 5. The molecule has 3 aromatic rings. The number of hydrogen-bond donors (Lipinski definition) is 0. The minimum Gasteiger partial charge on any atom is -0.449 e. The first-order valence-corrected chi connectivity index (χ1v) is 7.95. The molecule has 8 heteroatoms. The Balaban J connectivity index is 1.75. The first kappa shape index (κ1) is 17.4. The van der Waals surface area contributed by atoms with E-state index in [4.69, 9.17) is 32.4 Å². The first-order valence-electron chi connectivity index (χ1n) is 7.19. The summed E-state index contributed by atoms with van der Waals surface area (Å²) in [6.45, 7) is 1.58. The number of aromatic nitrogens is 2. The zero-order chi connectivity index (χ0) is 18.0. The van der Waals surface area contributed by atoms with Gasteiger partial charge in [-0.25, -0.2) is 9.18 Å². The Morgan fingerprint density at radius 1 is 1.16 bits per heavy atom. The Morgan fingerprint density at radius 3 is 2.60 bits per heavy atom. The summed E-state index contributed by atoms with van der Waals surface area (Å²) in [5.74, 6) is -0.741. The van der Waals surface area contributed by atoms with Crippen LogP contribution in [-0.4, -0.2) is 16.2 Å². The monoisotopic (exact) mass is 380 g/mol. The standard InChI is InChI=1S/C17H11Cl2FN2O3/c1-9(24-17(23)13-8-11(18)4-7-14(13)19)15-21-22-16(25-15)10-2-5-12(20)6-3-10/h2-9H,1H3/t9-/m0/s1. The smallest absolute Gasteiger partial charge is 0.340 e. The SMILES string of the molecule is C[C@H](OC(=O)c1cc(Cl)ccc1Cl)c1nnc(-c2ccc(F)cc2)o1. The van der Waals surface area contributed by atoms with E-state index >= 15 is 0 Å². The Kier molecular flexibility index (Phi) is 5.01. The van der Waals surface area contributed by atoms with Crippen molar-refractivity contribution in [3.63, 3.8) is 0 Å². The van der Waals surface area contributed by atoms with E-state index in [-0.39, 0.29) is 28.2 Å². The number of carbonyl (C=O) groups excluding carboxylic acids is 1. The lowest BCUT2D eigenvalue weighted by Crippen LogP contribution is -2.10. The Labute approximate surface area is 152 Å². The summed E-state index contributed by atoms with van der Waals surface area (Å²) in [6.07, 6.45) is -0.802.